The van der Waals surface area contributed by atoms with Gasteiger partial charge in [-0.25, -0.2) is 8.42 Å². The fourth-order valence-corrected chi connectivity index (χ4v) is 5.27. The van der Waals surface area contributed by atoms with E-state index in [1.165, 1.54) is 18.2 Å². The minimum Gasteiger partial charge on any atom is -0.289 e. The maximum absolute atomic E-state index is 13.3. The third-order valence-corrected chi connectivity index (χ3v) is 6.97. The zero-order valence-electron chi connectivity index (χ0n) is 17.4. The molecule has 158 valence electrons. The molecule has 0 aliphatic heterocycles. The molecule has 0 aromatic heterocycles. The molecule has 0 radical (unpaired) electrons. The van der Waals surface area contributed by atoms with E-state index in [-0.39, 0.29) is 27.4 Å². The van der Waals surface area contributed by atoms with Gasteiger partial charge in [0, 0.05) is 16.7 Å². The first-order valence-electron chi connectivity index (χ1n) is 10.3. The number of ketones is 2. The van der Waals surface area contributed by atoms with Crippen LogP contribution in [0.3, 0.4) is 0 Å². The molecular weight excluding hydrogens is 410 g/mol. The largest absolute Gasteiger partial charge is 0.289 e. The van der Waals surface area contributed by atoms with Crippen molar-refractivity contribution in [2.24, 2.45) is 0 Å². The van der Waals surface area contributed by atoms with Gasteiger partial charge in [-0.05, 0) is 43.0 Å². The molecule has 31 heavy (non-hydrogen) atoms. The molecule has 1 aliphatic rings. The Kier molecular flexibility index (Phi) is 5.50. The van der Waals surface area contributed by atoms with Crippen LogP contribution in [0.2, 0.25) is 0 Å². The third-order valence-electron chi connectivity index (χ3n) is 5.56. The summed E-state index contributed by atoms with van der Waals surface area (Å²) in [6.45, 7) is 3.97. The van der Waals surface area contributed by atoms with E-state index in [0.717, 1.165) is 30.4 Å². The van der Waals surface area contributed by atoms with Crippen molar-refractivity contribution in [3.63, 3.8) is 0 Å². The molecule has 6 heteroatoms. The lowest BCUT2D eigenvalue weighted by atomic mass is 9.84. The van der Waals surface area contributed by atoms with Crippen molar-refractivity contribution >= 4 is 27.3 Å². The number of sulfonamides is 1. The average Bonchev–Trinajstić information content (AvgIpc) is 2.77. The molecule has 0 spiro atoms. The van der Waals surface area contributed by atoms with E-state index in [2.05, 4.69) is 11.6 Å². The maximum atomic E-state index is 13.3. The van der Waals surface area contributed by atoms with Gasteiger partial charge in [0.05, 0.1) is 16.1 Å². The Labute approximate surface area is 182 Å². The second-order valence-electron chi connectivity index (χ2n) is 7.74. The molecule has 3 aromatic carbocycles. The van der Waals surface area contributed by atoms with Crippen LogP contribution < -0.4 is 4.72 Å². The van der Waals surface area contributed by atoms with Crippen LogP contribution in [0.15, 0.2) is 65.6 Å². The quantitative estimate of drug-likeness (QED) is 0.468. The number of benzene rings is 3. The first-order chi connectivity index (χ1) is 14.8. The van der Waals surface area contributed by atoms with Crippen molar-refractivity contribution in [1.82, 2.24) is 0 Å². The Bertz CT molecular complexity index is 1310. The number of carbonyl (C=O) groups excluding carboxylic acids is 2. The Morgan fingerprint density at radius 3 is 2.19 bits per heavy atom. The molecule has 0 fully saturated rings. The van der Waals surface area contributed by atoms with Gasteiger partial charge in [0.15, 0.2) is 11.6 Å². The smallest absolute Gasteiger partial charge is 0.262 e. The fraction of sp³-hybridized carbons (Fsp3) is 0.200. The number of fused-ring (bicyclic) bond motifs is 2. The summed E-state index contributed by atoms with van der Waals surface area (Å²) in [5.41, 5.74) is 2.95. The van der Waals surface area contributed by atoms with Crippen LogP contribution in [0.25, 0.3) is 0 Å². The highest BCUT2D eigenvalue weighted by Gasteiger charge is 2.34. The number of nitrogens with one attached hydrogen (secondary N) is 1. The average molecular weight is 434 g/mol. The van der Waals surface area contributed by atoms with Gasteiger partial charge in [-0.3, -0.25) is 14.3 Å². The van der Waals surface area contributed by atoms with Crippen molar-refractivity contribution in [3.8, 4) is 0 Å². The molecule has 4 rings (SSSR count). The van der Waals surface area contributed by atoms with Crippen molar-refractivity contribution in [2.45, 2.75) is 38.0 Å². The Hall–Kier alpha value is -3.25. The van der Waals surface area contributed by atoms with Crippen LogP contribution >= 0.6 is 0 Å². The predicted octanol–water partition coefficient (Wildman–Crippen LogP) is 4.91. The van der Waals surface area contributed by atoms with Crippen LogP contribution in [-0.4, -0.2) is 20.0 Å². The van der Waals surface area contributed by atoms with E-state index < -0.39 is 15.8 Å². The zero-order valence-corrected chi connectivity index (χ0v) is 18.3. The fourth-order valence-electron chi connectivity index (χ4n) is 3.91. The highest BCUT2D eigenvalue weighted by Crippen LogP contribution is 2.32. The van der Waals surface area contributed by atoms with Crippen molar-refractivity contribution in [3.05, 3.63) is 94.0 Å². The van der Waals surface area contributed by atoms with Crippen LogP contribution in [0.5, 0.6) is 0 Å². The zero-order chi connectivity index (χ0) is 22.2. The number of carbonyl (C=O) groups is 2. The normalized spacial score (nSPS) is 13.0. The molecule has 0 saturated carbocycles. The highest BCUT2D eigenvalue weighted by atomic mass is 32.2. The van der Waals surface area contributed by atoms with Gasteiger partial charge in [-0.2, -0.15) is 0 Å². The monoisotopic (exact) mass is 433 g/mol. The molecule has 0 saturated heterocycles. The van der Waals surface area contributed by atoms with Crippen molar-refractivity contribution < 1.29 is 18.0 Å². The molecule has 0 amide bonds. The van der Waals surface area contributed by atoms with Gasteiger partial charge in [0.2, 0.25) is 0 Å². The number of unbranched alkanes of at least 4 members (excludes halogenated alkanes) is 1. The Balaban J connectivity index is 1.74. The van der Waals surface area contributed by atoms with Gasteiger partial charge >= 0.3 is 0 Å². The number of aryl methyl sites for hydroxylation is 2. The van der Waals surface area contributed by atoms with E-state index in [4.69, 9.17) is 0 Å². The molecule has 0 heterocycles. The minimum absolute atomic E-state index is 0.0732. The minimum atomic E-state index is -4.09. The molecular formula is C25H23NO4S. The lowest BCUT2D eigenvalue weighted by Gasteiger charge is -2.20. The summed E-state index contributed by atoms with van der Waals surface area (Å²) in [7, 11) is -4.09. The third kappa shape index (κ3) is 3.79. The molecule has 1 aliphatic carbocycles. The summed E-state index contributed by atoms with van der Waals surface area (Å²) in [5, 5.41) is 0. The van der Waals surface area contributed by atoms with E-state index in [1.807, 2.05) is 19.1 Å². The molecule has 0 unspecified atom stereocenters. The Morgan fingerprint density at radius 2 is 1.52 bits per heavy atom. The lowest BCUT2D eigenvalue weighted by molar-refractivity contribution is 0.0976. The van der Waals surface area contributed by atoms with Crippen LogP contribution in [-0.2, 0) is 16.4 Å². The molecule has 1 N–H and O–H groups in total. The SMILES string of the molecule is CCCCc1ccc(NS(=O)(=O)c2cccc3c2C(=O)c2ccccc2C3=O)c(C)c1. The van der Waals surface area contributed by atoms with Gasteiger partial charge in [0.1, 0.15) is 0 Å². The second-order valence-corrected chi connectivity index (χ2v) is 9.39. The second kappa shape index (κ2) is 8.12. The van der Waals surface area contributed by atoms with E-state index in [9.17, 15) is 18.0 Å². The summed E-state index contributed by atoms with van der Waals surface area (Å²) >= 11 is 0. The standard InChI is InChI=1S/C25H23NO4S/c1-3-4-8-17-13-14-21(16(2)15-17)26-31(29,30)22-12-7-11-20-23(22)25(28)19-10-6-5-9-18(19)24(20)27/h5-7,9-15,26H,3-4,8H2,1-2H3. The lowest BCUT2D eigenvalue weighted by Crippen LogP contribution is -2.25. The topological polar surface area (TPSA) is 80.3 Å². The van der Waals surface area contributed by atoms with Crippen LogP contribution in [0.4, 0.5) is 5.69 Å². The molecule has 5 nitrogen and oxygen atoms in total. The number of hydrogen-bond acceptors (Lipinski definition) is 4. The Morgan fingerprint density at radius 1 is 0.839 bits per heavy atom. The summed E-state index contributed by atoms with van der Waals surface area (Å²) in [4.78, 5) is 25.9. The van der Waals surface area contributed by atoms with Gasteiger partial charge in [0.25, 0.3) is 10.0 Å². The maximum Gasteiger partial charge on any atom is 0.262 e. The predicted molar refractivity (Wildman–Crippen MR) is 120 cm³/mol. The van der Waals surface area contributed by atoms with E-state index in [1.54, 1.807) is 30.3 Å². The van der Waals surface area contributed by atoms with Gasteiger partial charge < -0.3 is 0 Å². The highest BCUT2D eigenvalue weighted by molar-refractivity contribution is 7.92. The van der Waals surface area contributed by atoms with E-state index in [0.29, 0.717) is 11.3 Å². The van der Waals surface area contributed by atoms with Gasteiger partial charge in [-0.15, -0.1) is 0 Å². The number of anilines is 1. The number of hydrogen-bond donors (Lipinski definition) is 1. The molecule has 0 atom stereocenters. The first kappa shape index (κ1) is 21.0. The van der Waals surface area contributed by atoms with Crippen LogP contribution in [0, 0.1) is 6.92 Å². The summed E-state index contributed by atoms with van der Waals surface area (Å²) in [5.74, 6) is -0.809. The van der Waals surface area contributed by atoms with Crippen molar-refractivity contribution in [1.29, 1.82) is 0 Å². The molecule has 3 aromatic rings. The van der Waals surface area contributed by atoms with Crippen molar-refractivity contribution in [2.75, 3.05) is 4.72 Å². The van der Waals surface area contributed by atoms with Gasteiger partial charge in [-0.1, -0.05) is 61.9 Å². The summed E-state index contributed by atoms with van der Waals surface area (Å²) in [6.07, 6.45) is 3.09. The molecule has 0 bridgehead atoms. The summed E-state index contributed by atoms with van der Waals surface area (Å²) < 4.78 is 29.1. The summed E-state index contributed by atoms with van der Waals surface area (Å²) in [6, 6.07) is 16.5. The number of rotatable bonds is 6. The van der Waals surface area contributed by atoms with Crippen LogP contribution in [0.1, 0.15) is 62.7 Å². The first-order valence-corrected chi connectivity index (χ1v) is 11.8. The van der Waals surface area contributed by atoms with E-state index >= 15 is 0 Å².